The van der Waals surface area contributed by atoms with E-state index in [0.717, 1.165) is 6.20 Å². The molecule has 0 radical (unpaired) electrons. The third-order valence-corrected chi connectivity index (χ3v) is 1.97. The molecular weight excluding hydrogens is 226 g/mol. The van der Waals surface area contributed by atoms with Gasteiger partial charge in [0.2, 0.25) is 0 Å². The molecule has 1 rings (SSSR count). The van der Waals surface area contributed by atoms with E-state index in [1.54, 1.807) is 6.08 Å². The van der Waals surface area contributed by atoms with Crippen molar-refractivity contribution in [2.75, 3.05) is 0 Å². The van der Waals surface area contributed by atoms with Crippen LogP contribution in [0.3, 0.4) is 0 Å². The standard InChI is InChI=1S/C9H10ClFN2.ClH/c1-2-3-8(12)7-4-6(11)5-13-9(7)10;/h2,4-5,8H,1,3,12H2;1H/t8-;/m1./s1. The van der Waals surface area contributed by atoms with Crippen molar-refractivity contribution in [3.63, 3.8) is 0 Å². The molecule has 78 valence electrons. The normalized spacial score (nSPS) is 11.6. The van der Waals surface area contributed by atoms with Crippen molar-refractivity contribution in [1.82, 2.24) is 4.98 Å². The molecular formula is C9H11Cl2FN2. The van der Waals surface area contributed by atoms with Crippen LogP contribution in [0, 0.1) is 5.82 Å². The molecule has 0 aliphatic rings. The Hall–Kier alpha value is -0.640. The zero-order valence-corrected chi connectivity index (χ0v) is 8.98. The van der Waals surface area contributed by atoms with Crippen LogP contribution in [0.1, 0.15) is 18.0 Å². The molecule has 1 atom stereocenters. The molecule has 0 fully saturated rings. The van der Waals surface area contributed by atoms with Crippen molar-refractivity contribution in [2.45, 2.75) is 12.5 Å². The van der Waals surface area contributed by atoms with Gasteiger partial charge < -0.3 is 5.73 Å². The van der Waals surface area contributed by atoms with Crippen molar-refractivity contribution < 1.29 is 4.39 Å². The first-order chi connectivity index (χ1) is 6.15. The molecule has 0 amide bonds. The zero-order chi connectivity index (χ0) is 9.84. The number of nitrogens with two attached hydrogens (primary N) is 1. The Bertz CT molecular complexity index is 318. The van der Waals surface area contributed by atoms with Crippen molar-refractivity contribution in [2.24, 2.45) is 5.73 Å². The first-order valence-electron chi connectivity index (χ1n) is 3.82. The smallest absolute Gasteiger partial charge is 0.141 e. The molecule has 0 bridgehead atoms. The molecule has 1 aromatic rings. The molecule has 2 N–H and O–H groups in total. The van der Waals surface area contributed by atoms with Gasteiger partial charge in [0.25, 0.3) is 0 Å². The largest absolute Gasteiger partial charge is 0.324 e. The van der Waals surface area contributed by atoms with Crippen LogP contribution in [0.4, 0.5) is 4.39 Å². The van der Waals surface area contributed by atoms with Crippen LogP contribution in [-0.2, 0) is 0 Å². The summed E-state index contributed by atoms with van der Waals surface area (Å²) in [5, 5.41) is 0.246. The summed E-state index contributed by atoms with van der Waals surface area (Å²) in [6.45, 7) is 3.54. The Kier molecular flexibility index (Phi) is 5.69. The van der Waals surface area contributed by atoms with Gasteiger partial charge in [0, 0.05) is 11.6 Å². The van der Waals surface area contributed by atoms with Gasteiger partial charge in [-0.25, -0.2) is 9.37 Å². The van der Waals surface area contributed by atoms with Gasteiger partial charge in [-0.15, -0.1) is 19.0 Å². The van der Waals surface area contributed by atoms with Crippen LogP contribution in [0.25, 0.3) is 0 Å². The summed E-state index contributed by atoms with van der Waals surface area (Å²) in [5.41, 5.74) is 6.23. The van der Waals surface area contributed by atoms with Crippen LogP contribution >= 0.6 is 24.0 Å². The Morgan fingerprint density at radius 2 is 2.36 bits per heavy atom. The minimum absolute atomic E-state index is 0. The molecule has 5 heteroatoms. The number of hydrogen-bond donors (Lipinski definition) is 1. The molecule has 0 aliphatic carbocycles. The average Bonchev–Trinajstić information content (AvgIpc) is 2.09. The summed E-state index contributed by atoms with van der Waals surface area (Å²) in [6.07, 6.45) is 3.27. The third-order valence-electron chi connectivity index (χ3n) is 1.65. The quantitative estimate of drug-likeness (QED) is 0.648. The molecule has 0 aliphatic heterocycles. The fraction of sp³-hybridized carbons (Fsp3) is 0.222. The number of nitrogens with zero attached hydrogens (tertiary/aromatic N) is 1. The van der Waals surface area contributed by atoms with E-state index in [1.165, 1.54) is 6.07 Å². The maximum absolute atomic E-state index is 12.7. The van der Waals surface area contributed by atoms with E-state index in [1.807, 2.05) is 0 Å². The molecule has 0 saturated carbocycles. The van der Waals surface area contributed by atoms with Gasteiger partial charge >= 0.3 is 0 Å². The highest BCUT2D eigenvalue weighted by atomic mass is 35.5. The van der Waals surface area contributed by atoms with E-state index < -0.39 is 5.82 Å². The summed E-state index contributed by atoms with van der Waals surface area (Å²) < 4.78 is 12.7. The summed E-state index contributed by atoms with van der Waals surface area (Å²) in [6, 6.07) is 0.956. The third kappa shape index (κ3) is 3.25. The SMILES string of the molecule is C=CC[C@@H](N)c1cc(F)cnc1Cl.Cl. The Morgan fingerprint density at radius 1 is 1.71 bits per heavy atom. The van der Waals surface area contributed by atoms with Gasteiger partial charge in [-0.3, -0.25) is 0 Å². The van der Waals surface area contributed by atoms with E-state index >= 15 is 0 Å². The fourth-order valence-electron chi connectivity index (χ4n) is 1.00. The van der Waals surface area contributed by atoms with Crippen molar-refractivity contribution in [3.05, 3.63) is 41.5 Å². The van der Waals surface area contributed by atoms with Crippen LogP contribution < -0.4 is 5.73 Å². The highest BCUT2D eigenvalue weighted by Gasteiger charge is 2.10. The van der Waals surface area contributed by atoms with Gasteiger partial charge in [0.1, 0.15) is 11.0 Å². The number of halogens is 3. The highest BCUT2D eigenvalue weighted by molar-refractivity contribution is 6.30. The molecule has 1 aromatic heterocycles. The van der Waals surface area contributed by atoms with E-state index in [9.17, 15) is 4.39 Å². The van der Waals surface area contributed by atoms with Crippen molar-refractivity contribution in [3.8, 4) is 0 Å². The Balaban J connectivity index is 0.00000169. The summed E-state index contributed by atoms with van der Waals surface area (Å²) >= 11 is 5.73. The summed E-state index contributed by atoms with van der Waals surface area (Å²) in [4.78, 5) is 3.66. The van der Waals surface area contributed by atoms with Gasteiger partial charge in [-0.1, -0.05) is 17.7 Å². The van der Waals surface area contributed by atoms with Crippen LogP contribution in [-0.4, -0.2) is 4.98 Å². The second kappa shape index (κ2) is 5.96. The molecule has 0 spiro atoms. The number of hydrogen-bond acceptors (Lipinski definition) is 2. The molecule has 0 aromatic carbocycles. The zero-order valence-electron chi connectivity index (χ0n) is 7.41. The van der Waals surface area contributed by atoms with Crippen LogP contribution in [0.5, 0.6) is 0 Å². The molecule has 0 saturated heterocycles. The Labute approximate surface area is 93.4 Å². The molecule has 2 nitrogen and oxygen atoms in total. The second-order valence-corrected chi connectivity index (χ2v) is 3.02. The first-order valence-corrected chi connectivity index (χ1v) is 4.20. The number of rotatable bonds is 3. The van der Waals surface area contributed by atoms with E-state index in [0.29, 0.717) is 12.0 Å². The minimum Gasteiger partial charge on any atom is -0.324 e. The van der Waals surface area contributed by atoms with E-state index in [2.05, 4.69) is 11.6 Å². The van der Waals surface area contributed by atoms with Gasteiger partial charge in [0.15, 0.2) is 0 Å². The lowest BCUT2D eigenvalue weighted by molar-refractivity contribution is 0.612. The number of aromatic nitrogens is 1. The fourth-order valence-corrected chi connectivity index (χ4v) is 1.25. The monoisotopic (exact) mass is 236 g/mol. The topological polar surface area (TPSA) is 38.9 Å². The maximum atomic E-state index is 12.7. The first kappa shape index (κ1) is 13.4. The predicted molar refractivity (Wildman–Crippen MR) is 58.2 cm³/mol. The maximum Gasteiger partial charge on any atom is 0.141 e. The number of pyridine rings is 1. The van der Waals surface area contributed by atoms with Crippen LogP contribution in [0.15, 0.2) is 24.9 Å². The van der Waals surface area contributed by atoms with Gasteiger partial charge in [-0.2, -0.15) is 0 Å². The van der Waals surface area contributed by atoms with Crippen LogP contribution in [0.2, 0.25) is 5.15 Å². The lowest BCUT2D eigenvalue weighted by atomic mass is 10.1. The van der Waals surface area contributed by atoms with E-state index in [4.69, 9.17) is 17.3 Å². The molecule has 14 heavy (non-hydrogen) atoms. The highest BCUT2D eigenvalue weighted by Crippen LogP contribution is 2.22. The Morgan fingerprint density at radius 3 is 2.93 bits per heavy atom. The predicted octanol–water partition coefficient (Wildman–Crippen LogP) is 2.87. The van der Waals surface area contributed by atoms with Crippen molar-refractivity contribution >= 4 is 24.0 Å². The summed E-state index contributed by atoms with van der Waals surface area (Å²) in [5.74, 6) is -0.432. The molecule has 1 heterocycles. The van der Waals surface area contributed by atoms with E-state index in [-0.39, 0.29) is 23.6 Å². The van der Waals surface area contributed by atoms with Crippen molar-refractivity contribution in [1.29, 1.82) is 0 Å². The summed E-state index contributed by atoms with van der Waals surface area (Å²) in [7, 11) is 0. The lowest BCUT2D eigenvalue weighted by Crippen LogP contribution is -2.10. The molecule has 0 unspecified atom stereocenters. The van der Waals surface area contributed by atoms with Gasteiger partial charge in [-0.05, 0) is 12.5 Å². The van der Waals surface area contributed by atoms with Gasteiger partial charge in [0.05, 0.1) is 6.20 Å². The minimum atomic E-state index is -0.432. The second-order valence-electron chi connectivity index (χ2n) is 2.66. The lowest BCUT2D eigenvalue weighted by Gasteiger charge is -2.10. The average molecular weight is 237 g/mol.